The first kappa shape index (κ1) is 17.2. The standard InChI is InChI=1S/C14H18N4O3S2/c1-3-23(20,21)18-12-6-4-11(5-7-12)17-14(19)16-9-13-8-15-10(2)22-13/h4-8,18H,3,9H2,1-2H3,(H2,16,17,19). The maximum Gasteiger partial charge on any atom is 0.319 e. The van der Waals surface area contributed by atoms with Gasteiger partial charge in [-0.15, -0.1) is 11.3 Å². The van der Waals surface area contributed by atoms with Gasteiger partial charge in [-0.1, -0.05) is 0 Å². The molecule has 0 bridgehead atoms. The fourth-order valence-electron chi connectivity index (χ4n) is 1.70. The Bertz CT molecular complexity index is 770. The second-order valence-electron chi connectivity index (χ2n) is 4.74. The zero-order valence-corrected chi connectivity index (χ0v) is 14.4. The highest BCUT2D eigenvalue weighted by molar-refractivity contribution is 7.92. The lowest BCUT2D eigenvalue weighted by molar-refractivity contribution is 0.252. The first-order chi connectivity index (χ1) is 10.9. The summed E-state index contributed by atoms with van der Waals surface area (Å²) in [6.45, 7) is 3.88. The molecule has 0 unspecified atom stereocenters. The lowest BCUT2D eigenvalue weighted by Crippen LogP contribution is -2.27. The third-order valence-corrected chi connectivity index (χ3v) is 5.11. The van der Waals surface area contributed by atoms with Crippen molar-refractivity contribution in [2.45, 2.75) is 20.4 Å². The number of thiazole rings is 1. The van der Waals surface area contributed by atoms with E-state index < -0.39 is 10.0 Å². The number of aromatic nitrogens is 1. The third kappa shape index (κ3) is 5.53. The maximum absolute atomic E-state index is 11.8. The fourth-order valence-corrected chi connectivity index (χ4v) is 3.08. The quantitative estimate of drug-likeness (QED) is 0.742. The molecule has 1 aromatic carbocycles. The molecule has 2 aromatic rings. The molecule has 0 aliphatic heterocycles. The van der Waals surface area contributed by atoms with Crippen LogP contribution in [0.15, 0.2) is 30.5 Å². The highest BCUT2D eigenvalue weighted by Gasteiger charge is 2.07. The minimum Gasteiger partial charge on any atom is -0.333 e. The molecule has 0 aliphatic rings. The van der Waals surface area contributed by atoms with Gasteiger partial charge in [0.1, 0.15) is 0 Å². The number of aryl methyl sites for hydroxylation is 1. The minimum absolute atomic E-state index is 0.00641. The van der Waals surface area contributed by atoms with Gasteiger partial charge in [0.05, 0.1) is 17.3 Å². The van der Waals surface area contributed by atoms with Crippen molar-refractivity contribution in [3.8, 4) is 0 Å². The van der Waals surface area contributed by atoms with E-state index >= 15 is 0 Å². The molecule has 1 aromatic heterocycles. The maximum atomic E-state index is 11.8. The zero-order chi connectivity index (χ0) is 16.9. The molecule has 9 heteroatoms. The smallest absolute Gasteiger partial charge is 0.319 e. The van der Waals surface area contributed by atoms with Gasteiger partial charge in [-0.05, 0) is 38.1 Å². The van der Waals surface area contributed by atoms with E-state index in [9.17, 15) is 13.2 Å². The molecule has 0 saturated heterocycles. The molecule has 0 atom stereocenters. The van der Waals surface area contributed by atoms with E-state index in [4.69, 9.17) is 0 Å². The molecule has 2 amide bonds. The van der Waals surface area contributed by atoms with E-state index in [0.717, 1.165) is 9.88 Å². The van der Waals surface area contributed by atoms with Crippen LogP contribution in [-0.2, 0) is 16.6 Å². The van der Waals surface area contributed by atoms with Crippen molar-refractivity contribution in [3.05, 3.63) is 40.3 Å². The molecule has 3 N–H and O–H groups in total. The van der Waals surface area contributed by atoms with Gasteiger partial charge in [-0.3, -0.25) is 4.72 Å². The summed E-state index contributed by atoms with van der Waals surface area (Å²) in [4.78, 5) is 16.9. The van der Waals surface area contributed by atoms with Crippen molar-refractivity contribution in [2.75, 3.05) is 15.8 Å². The number of carbonyl (C=O) groups is 1. The summed E-state index contributed by atoms with van der Waals surface area (Å²) in [5.41, 5.74) is 1.03. The predicted octanol–water partition coefficient (Wildman–Crippen LogP) is 2.53. The monoisotopic (exact) mass is 354 g/mol. The van der Waals surface area contributed by atoms with Crippen LogP contribution in [0, 0.1) is 6.92 Å². The number of hydrogen-bond donors (Lipinski definition) is 3. The van der Waals surface area contributed by atoms with Gasteiger partial charge in [-0.2, -0.15) is 0 Å². The van der Waals surface area contributed by atoms with Gasteiger partial charge in [0.25, 0.3) is 0 Å². The van der Waals surface area contributed by atoms with Crippen LogP contribution >= 0.6 is 11.3 Å². The van der Waals surface area contributed by atoms with Crippen LogP contribution in [0.2, 0.25) is 0 Å². The number of urea groups is 1. The molecule has 124 valence electrons. The van der Waals surface area contributed by atoms with Crippen LogP contribution in [0.4, 0.5) is 16.2 Å². The van der Waals surface area contributed by atoms with Gasteiger partial charge in [-0.25, -0.2) is 18.2 Å². The van der Waals surface area contributed by atoms with Gasteiger partial charge in [0.2, 0.25) is 10.0 Å². The largest absolute Gasteiger partial charge is 0.333 e. The van der Waals surface area contributed by atoms with Gasteiger partial charge in [0.15, 0.2) is 0 Å². The molecule has 0 fully saturated rings. The van der Waals surface area contributed by atoms with Crippen LogP contribution in [-0.4, -0.2) is 25.2 Å². The summed E-state index contributed by atoms with van der Waals surface area (Å²) in [5.74, 6) is 0.00641. The first-order valence-electron chi connectivity index (χ1n) is 6.94. The number of amides is 2. The molecule has 0 radical (unpaired) electrons. The topological polar surface area (TPSA) is 100 Å². The second kappa shape index (κ2) is 7.42. The molecule has 7 nitrogen and oxygen atoms in total. The number of hydrogen-bond acceptors (Lipinski definition) is 5. The van der Waals surface area contributed by atoms with Crippen molar-refractivity contribution in [1.29, 1.82) is 0 Å². The molecule has 2 rings (SSSR count). The van der Waals surface area contributed by atoms with E-state index in [2.05, 4.69) is 20.3 Å². The van der Waals surface area contributed by atoms with Crippen LogP contribution in [0.3, 0.4) is 0 Å². The molecule has 0 saturated carbocycles. The third-order valence-electron chi connectivity index (χ3n) is 2.89. The van der Waals surface area contributed by atoms with Gasteiger partial charge >= 0.3 is 6.03 Å². The summed E-state index contributed by atoms with van der Waals surface area (Å²) < 4.78 is 25.4. The van der Waals surface area contributed by atoms with E-state index in [1.165, 1.54) is 11.3 Å². The van der Waals surface area contributed by atoms with E-state index in [-0.39, 0.29) is 11.8 Å². The SMILES string of the molecule is CCS(=O)(=O)Nc1ccc(NC(=O)NCc2cnc(C)s2)cc1. The Labute approximate surface area is 139 Å². The summed E-state index contributed by atoms with van der Waals surface area (Å²) in [7, 11) is -3.30. The van der Waals surface area contributed by atoms with E-state index in [1.54, 1.807) is 37.4 Å². The molecule has 0 spiro atoms. The molecule has 1 heterocycles. The number of nitrogens with zero attached hydrogens (tertiary/aromatic N) is 1. The van der Waals surface area contributed by atoms with Crippen molar-refractivity contribution in [2.24, 2.45) is 0 Å². The Morgan fingerprint density at radius 1 is 1.22 bits per heavy atom. The van der Waals surface area contributed by atoms with E-state index in [0.29, 0.717) is 17.9 Å². The van der Waals surface area contributed by atoms with Crippen LogP contribution in [0.1, 0.15) is 16.8 Å². The lowest BCUT2D eigenvalue weighted by atomic mass is 10.3. The zero-order valence-electron chi connectivity index (χ0n) is 12.8. The number of sulfonamides is 1. The van der Waals surface area contributed by atoms with Crippen LogP contribution < -0.4 is 15.4 Å². The molecule has 0 aliphatic carbocycles. The molecular formula is C14H18N4O3S2. The first-order valence-corrected chi connectivity index (χ1v) is 9.41. The summed E-state index contributed by atoms with van der Waals surface area (Å²) in [6.07, 6.45) is 1.73. The summed E-state index contributed by atoms with van der Waals surface area (Å²) in [5, 5.41) is 6.36. The summed E-state index contributed by atoms with van der Waals surface area (Å²) in [6, 6.07) is 6.11. The normalized spacial score (nSPS) is 11.0. The van der Waals surface area contributed by atoms with Crippen molar-refractivity contribution in [1.82, 2.24) is 10.3 Å². The molecular weight excluding hydrogens is 336 g/mol. The average Bonchev–Trinajstić information content (AvgIpc) is 2.93. The second-order valence-corrected chi connectivity index (χ2v) is 8.07. The predicted molar refractivity (Wildman–Crippen MR) is 92.2 cm³/mol. The highest BCUT2D eigenvalue weighted by Crippen LogP contribution is 2.15. The Morgan fingerprint density at radius 3 is 2.43 bits per heavy atom. The van der Waals surface area contributed by atoms with Crippen LogP contribution in [0.5, 0.6) is 0 Å². The Hall–Kier alpha value is -2.13. The Morgan fingerprint density at radius 2 is 1.87 bits per heavy atom. The van der Waals surface area contributed by atoms with Crippen LogP contribution in [0.25, 0.3) is 0 Å². The average molecular weight is 354 g/mol. The highest BCUT2D eigenvalue weighted by atomic mass is 32.2. The van der Waals surface area contributed by atoms with Crippen molar-refractivity contribution in [3.63, 3.8) is 0 Å². The van der Waals surface area contributed by atoms with E-state index in [1.807, 2.05) is 6.92 Å². The number of benzene rings is 1. The molecule has 23 heavy (non-hydrogen) atoms. The number of nitrogens with one attached hydrogen (secondary N) is 3. The van der Waals surface area contributed by atoms with Crippen molar-refractivity contribution >= 4 is 38.8 Å². The number of anilines is 2. The van der Waals surface area contributed by atoms with Gasteiger partial charge in [0, 0.05) is 22.4 Å². The lowest BCUT2D eigenvalue weighted by Gasteiger charge is -2.09. The Kier molecular flexibility index (Phi) is 5.56. The summed E-state index contributed by atoms with van der Waals surface area (Å²) >= 11 is 1.53. The van der Waals surface area contributed by atoms with Crippen molar-refractivity contribution < 1.29 is 13.2 Å². The Balaban J connectivity index is 1.86. The number of rotatable bonds is 6. The fraction of sp³-hybridized carbons (Fsp3) is 0.286. The minimum atomic E-state index is -3.30. The number of carbonyl (C=O) groups excluding carboxylic acids is 1. The van der Waals surface area contributed by atoms with Gasteiger partial charge < -0.3 is 10.6 Å².